The first kappa shape index (κ1) is 9.46. The van der Waals surface area contributed by atoms with Crippen molar-refractivity contribution in [3.8, 4) is 12.3 Å². The summed E-state index contributed by atoms with van der Waals surface area (Å²) in [5.74, 6) is 1.70. The van der Waals surface area contributed by atoms with Crippen LogP contribution in [0.1, 0.15) is 17.2 Å². The number of hydrogen-bond donors (Lipinski definition) is 1. The van der Waals surface area contributed by atoms with Gasteiger partial charge in [0.15, 0.2) is 0 Å². The molecule has 4 nitrogen and oxygen atoms in total. The molecule has 1 saturated heterocycles. The van der Waals surface area contributed by atoms with E-state index in [-0.39, 0.29) is 12.2 Å². The number of amides is 1. The molecule has 1 aromatic rings. The van der Waals surface area contributed by atoms with Crippen molar-refractivity contribution in [1.82, 2.24) is 10.3 Å². The molecular formula is C10H7FN2O2. The predicted octanol–water partition coefficient (Wildman–Crippen LogP) is 0.983. The highest BCUT2D eigenvalue weighted by molar-refractivity contribution is 5.70. The van der Waals surface area contributed by atoms with E-state index in [1.165, 1.54) is 12.3 Å². The molecular weight excluding hydrogens is 199 g/mol. The number of hydrogen-bond acceptors (Lipinski definition) is 3. The summed E-state index contributed by atoms with van der Waals surface area (Å²) in [6, 6.07) is 0.959. The summed E-state index contributed by atoms with van der Waals surface area (Å²) in [5, 5.41) is 2.45. The molecule has 5 heteroatoms. The van der Waals surface area contributed by atoms with Crippen LogP contribution in [0.25, 0.3) is 0 Å². The number of terminal acetylenes is 1. The van der Waals surface area contributed by atoms with Crippen LogP contribution in [0.5, 0.6) is 0 Å². The molecule has 0 aromatic carbocycles. The number of cyclic esters (lactones) is 1. The summed E-state index contributed by atoms with van der Waals surface area (Å²) >= 11 is 0. The van der Waals surface area contributed by atoms with Crippen LogP contribution >= 0.6 is 0 Å². The molecule has 15 heavy (non-hydrogen) atoms. The predicted molar refractivity (Wildman–Crippen MR) is 49.4 cm³/mol. The summed E-state index contributed by atoms with van der Waals surface area (Å²) in [4.78, 5) is 14.3. The van der Waals surface area contributed by atoms with Crippen LogP contribution in [-0.4, -0.2) is 17.7 Å². The van der Waals surface area contributed by atoms with Gasteiger partial charge >= 0.3 is 6.09 Å². The van der Waals surface area contributed by atoms with Gasteiger partial charge < -0.3 is 10.1 Å². The van der Waals surface area contributed by atoms with Crippen molar-refractivity contribution in [2.45, 2.75) is 6.04 Å². The third kappa shape index (κ3) is 1.74. The fraction of sp³-hybridized carbons (Fsp3) is 0.200. The molecule has 1 N–H and O–H groups in total. The summed E-state index contributed by atoms with van der Waals surface area (Å²) in [6.07, 6.45) is 5.86. The lowest BCUT2D eigenvalue weighted by atomic mass is 10.1. The van der Waals surface area contributed by atoms with E-state index in [9.17, 15) is 9.18 Å². The lowest BCUT2D eigenvalue weighted by molar-refractivity contribution is 0.176. The Morgan fingerprint density at radius 1 is 1.73 bits per heavy atom. The van der Waals surface area contributed by atoms with Crippen LogP contribution in [0.15, 0.2) is 12.3 Å². The Hall–Kier alpha value is -2.09. The average molecular weight is 206 g/mol. The number of carbonyl (C=O) groups is 1. The Balaban J connectivity index is 2.35. The van der Waals surface area contributed by atoms with Gasteiger partial charge in [-0.1, -0.05) is 5.92 Å². The second-order valence-corrected chi connectivity index (χ2v) is 3.04. The highest BCUT2D eigenvalue weighted by Crippen LogP contribution is 2.20. The van der Waals surface area contributed by atoms with Gasteiger partial charge in [-0.2, -0.15) is 4.39 Å². The van der Waals surface area contributed by atoms with Gasteiger partial charge in [-0.3, -0.25) is 0 Å². The second kappa shape index (κ2) is 3.58. The maximum atomic E-state index is 13.3. The van der Waals surface area contributed by atoms with E-state index in [1.54, 1.807) is 0 Å². The average Bonchev–Trinajstić information content (AvgIpc) is 2.65. The number of rotatable bonds is 1. The molecule has 1 fully saturated rings. The van der Waals surface area contributed by atoms with Crippen molar-refractivity contribution in [2.24, 2.45) is 0 Å². The topological polar surface area (TPSA) is 51.2 Å². The third-order valence-electron chi connectivity index (χ3n) is 2.08. The van der Waals surface area contributed by atoms with Gasteiger partial charge in [0.2, 0.25) is 5.95 Å². The van der Waals surface area contributed by atoms with Gasteiger partial charge in [-0.05, 0) is 6.07 Å². The van der Waals surface area contributed by atoms with Crippen molar-refractivity contribution in [3.05, 3.63) is 29.3 Å². The molecule has 0 radical (unpaired) electrons. The monoisotopic (exact) mass is 206 g/mol. The van der Waals surface area contributed by atoms with Crippen molar-refractivity contribution < 1.29 is 13.9 Å². The number of pyridine rings is 1. The van der Waals surface area contributed by atoms with E-state index in [2.05, 4.69) is 21.0 Å². The molecule has 76 valence electrons. The molecule has 0 unspecified atom stereocenters. The number of nitrogens with one attached hydrogen (secondary N) is 1. The minimum Gasteiger partial charge on any atom is -0.447 e. The number of ether oxygens (including phenoxy) is 1. The molecule has 1 amide bonds. The summed E-state index contributed by atoms with van der Waals surface area (Å²) < 4.78 is 18.0. The van der Waals surface area contributed by atoms with Crippen molar-refractivity contribution in [2.75, 3.05) is 6.61 Å². The Labute approximate surface area is 85.5 Å². The van der Waals surface area contributed by atoms with Gasteiger partial charge in [0.25, 0.3) is 0 Å². The molecule has 1 aliphatic heterocycles. The zero-order valence-corrected chi connectivity index (χ0v) is 7.66. The maximum absolute atomic E-state index is 13.3. The Morgan fingerprint density at radius 3 is 3.13 bits per heavy atom. The quantitative estimate of drug-likeness (QED) is 0.550. The Morgan fingerprint density at radius 2 is 2.53 bits per heavy atom. The molecule has 2 rings (SSSR count). The Bertz CT molecular complexity index is 453. The van der Waals surface area contributed by atoms with Crippen molar-refractivity contribution in [1.29, 1.82) is 0 Å². The minimum absolute atomic E-state index is 0.0887. The van der Waals surface area contributed by atoms with Crippen LogP contribution in [0.4, 0.5) is 9.18 Å². The number of halogens is 1. The summed E-state index contributed by atoms with van der Waals surface area (Å²) in [7, 11) is 0. The van der Waals surface area contributed by atoms with Crippen LogP contribution < -0.4 is 5.32 Å². The fourth-order valence-electron chi connectivity index (χ4n) is 1.34. The standard InChI is InChI=1S/C10H7FN2O2/c1-2-6-3-7(9(11)12-4-6)8-5-15-10(14)13-8/h1,3-4,8H,5H2,(H,13,14)/t8-/m0/s1. The fourth-order valence-corrected chi connectivity index (χ4v) is 1.34. The molecule has 0 aliphatic carbocycles. The number of carbonyl (C=O) groups excluding carboxylic acids is 1. The van der Waals surface area contributed by atoms with Crippen molar-refractivity contribution in [3.63, 3.8) is 0 Å². The molecule has 0 saturated carbocycles. The largest absolute Gasteiger partial charge is 0.447 e. The van der Waals surface area contributed by atoms with Gasteiger partial charge in [0.05, 0.1) is 6.04 Å². The van der Waals surface area contributed by atoms with Crippen molar-refractivity contribution >= 4 is 6.09 Å². The first-order valence-corrected chi connectivity index (χ1v) is 4.26. The van der Waals surface area contributed by atoms with Gasteiger partial charge in [-0.15, -0.1) is 6.42 Å². The molecule has 1 aliphatic rings. The number of alkyl carbamates (subject to hydrolysis) is 1. The minimum atomic E-state index is -0.648. The third-order valence-corrected chi connectivity index (χ3v) is 2.08. The lowest BCUT2D eigenvalue weighted by Crippen LogP contribution is -2.19. The number of aromatic nitrogens is 1. The van der Waals surface area contributed by atoms with E-state index >= 15 is 0 Å². The molecule has 1 atom stereocenters. The van der Waals surface area contributed by atoms with Gasteiger partial charge in [-0.25, -0.2) is 9.78 Å². The zero-order chi connectivity index (χ0) is 10.8. The first-order chi connectivity index (χ1) is 7.20. The smallest absolute Gasteiger partial charge is 0.407 e. The van der Waals surface area contributed by atoms with E-state index < -0.39 is 18.1 Å². The highest BCUT2D eigenvalue weighted by Gasteiger charge is 2.26. The SMILES string of the molecule is C#Cc1cnc(F)c([C@@H]2COC(=O)N2)c1. The van der Waals surface area contributed by atoms with E-state index in [1.807, 2.05) is 0 Å². The van der Waals surface area contributed by atoms with Crippen LogP contribution in [-0.2, 0) is 4.74 Å². The van der Waals surface area contributed by atoms with E-state index in [0.717, 1.165) is 0 Å². The maximum Gasteiger partial charge on any atom is 0.407 e. The van der Waals surface area contributed by atoms with Gasteiger partial charge in [0, 0.05) is 17.3 Å². The second-order valence-electron chi connectivity index (χ2n) is 3.04. The van der Waals surface area contributed by atoms with E-state index in [4.69, 9.17) is 6.42 Å². The molecule has 2 heterocycles. The highest BCUT2D eigenvalue weighted by atomic mass is 19.1. The van der Waals surface area contributed by atoms with Crippen LogP contribution in [0.2, 0.25) is 0 Å². The zero-order valence-electron chi connectivity index (χ0n) is 7.66. The molecule has 0 bridgehead atoms. The van der Waals surface area contributed by atoms with Crippen LogP contribution in [0, 0.1) is 18.3 Å². The Kier molecular flexibility index (Phi) is 2.26. The number of nitrogens with zero attached hydrogens (tertiary/aromatic N) is 1. The molecule has 0 spiro atoms. The summed E-state index contributed by atoms with van der Waals surface area (Å²) in [5.41, 5.74) is 0.712. The van der Waals surface area contributed by atoms with Gasteiger partial charge in [0.1, 0.15) is 6.61 Å². The first-order valence-electron chi connectivity index (χ1n) is 4.26. The lowest BCUT2D eigenvalue weighted by Gasteiger charge is -2.08. The molecule has 1 aromatic heterocycles. The van der Waals surface area contributed by atoms with E-state index in [0.29, 0.717) is 5.56 Å². The normalized spacial score (nSPS) is 19.2. The summed E-state index contributed by atoms with van der Waals surface area (Å²) in [6.45, 7) is 0.0887. The van der Waals surface area contributed by atoms with Crippen LogP contribution in [0.3, 0.4) is 0 Å².